The van der Waals surface area contributed by atoms with Gasteiger partial charge in [0.05, 0.1) is 24.7 Å². The van der Waals surface area contributed by atoms with E-state index in [1.165, 1.54) is 6.33 Å². The van der Waals surface area contributed by atoms with Gasteiger partial charge in [-0.1, -0.05) is 0 Å². The quantitative estimate of drug-likeness (QED) is 0.437. The van der Waals surface area contributed by atoms with Gasteiger partial charge in [-0.3, -0.25) is 10.1 Å². The van der Waals surface area contributed by atoms with Crippen LogP contribution in [0.25, 0.3) is 0 Å². The molecule has 0 saturated carbocycles. The maximum atomic E-state index is 11.6. The highest BCUT2D eigenvalue weighted by molar-refractivity contribution is 5.70. The van der Waals surface area contributed by atoms with E-state index in [9.17, 15) is 10.1 Å². The van der Waals surface area contributed by atoms with E-state index in [-0.39, 0.29) is 23.4 Å². The molecule has 0 saturated heterocycles. The van der Waals surface area contributed by atoms with Crippen molar-refractivity contribution in [1.82, 2.24) is 9.97 Å². The molecule has 10 nitrogen and oxygen atoms in total. The summed E-state index contributed by atoms with van der Waals surface area (Å²) in [5, 5.41) is 14.6. The molecule has 1 heterocycles. The normalized spacial score (nSPS) is 12.0. The number of methoxy groups -OCH3 is 3. The number of anilines is 2. The molecular weight excluding hydrogens is 318 g/mol. The van der Waals surface area contributed by atoms with Gasteiger partial charge in [-0.25, -0.2) is 9.97 Å². The predicted molar refractivity (Wildman–Crippen MR) is 89.6 cm³/mol. The van der Waals surface area contributed by atoms with Crippen LogP contribution in [0.15, 0.2) is 6.33 Å². The van der Waals surface area contributed by atoms with Gasteiger partial charge in [-0.15, -0.1) is 0 Å². The smallest absolute Gasteiger partial charge is 0.353 e. The third kappa shape index (κ3) is 5.87. The summed E-state index contributed by atoms with van der Waals surface area (Å²) in [5.74, 6) is 0.394. The monoisotopic (exact) mass is 343 g/mol. The predicted octanol–water partition coefficient (Wildman–Crippen LogP) is 0.931. The van der Waals surface area contributed by atoms with Crippen molar-refractivity contribution in [3.05, 3.63) is 16.4 Å². The lowest BCUT2D eigenvalue weighted by atomic mass is 10.3. The summed E-state index contributed by atoms with van der Waals surface area (Å²) < 4.78 is 15.2. The standard InChI is InChI=1S/C14H25N5O5/c1-11(9-24-4)17-13-12(19(20)21)14(16-10-15-13)18(5-7-22-2)6-8-23-3/h10-11H,5-9H2,1-4H3,(H,15,16,17). The van der Waals surface area contributed by atoms with Crippen LogP contribution < -0.4 is 10.2 Å². The first-order chi connectivity index (χ1) is 11.5. The molecule has 0 amide bonds. The number of nitrogens with zero attached hydrogens (tertiary/aromatic N) is 4. The number of hydrogen-bond acceptors (Lipinski definition) is 9. The lowest BCUT2D eigenvalue weighted by molar-refractivity contribution is -0.383. The van der Waals surface area contributed by atoms with Gasteiger partial charge in [0, 0.05) is 40.5 Å². The molecule has 0 radical (unpaired) electrons. The first kappa shape index (κ1) is 20.0. The van der Waals surface area contributed by atoms with Gasteiger partial charge < -0.3 is 24.4 Å². The zero-order valence-electron chi connectivity index (χ0n) is 14.5. The van der Waals surface area contributed by atoms with Crippen LogP contribution in [0, 0.1) is 10.1 Å². The molecule has 0 spiro atoms. The van der Waals surface area contributed by atoms with Gasteiger partial charge in [0.1, 0.15) is 6.33 Å². The molecule has 1 aromatic heterocycles. The third-order valence-corrected chi connectivity index (χ3v) is 3.22. The SMILES string of the molecule is COCCN(CCOC)c1ncnc(NC(C)COC)c1[N+](=O)[O-]. The molecule has 1 aromatic rings. The van der Waals surface area contributed by atoms with Crippen LogP contribution in [0.2, 0.25) is 0 Å². The van der Waals surface area contributed by atoms with Crippen molar-refractivity contribution in [2.24, 2.45) is 0 Å². The first-order valence-corrected chi connectivity index (χ1v) is 7.52. The Labute approximate surface area is 141 Å². The van der Waals surface area contributed by atoms with Crippen molar-refractivity contribution in [3.8, 4) is 0 Å². The van der Waals surface area contributed by atoms with E-state index in [1.807, 2.05) is 6.92 Å². The number of ether oxygens (including phenoxy) is 3. The Bertz CT molecular complexity index is 508. The molecule has 0 aliphatic rings. The van der Waals surface area contributed by atoms with Crippen LogP contribution in [-0.2, 0) is 14.2 Å². The summed E-state index contributed by atoms with van der Waals surface area (Å²) in [6, 6.07) is -0.136. The number of hydrogen-bond donors (Lipinski definition) is 1. The first-order valence-electron chi connectivity index (χ1n) is 7.52. The lowest BCUT2D eigenvalue weighted by Crippen LogP contribution is -2.32. The van der Waals surface area contributed by atoms with Gasteiger partial charge in [0.25, 0.3) is 0 Å². The Morgan fingerprint density at radius 1 is 1.21 bits per heavy atom. The minimum absolute atomic E-state index is 0.136. The van der Waals surface area contributed by atoms with Crippen molar-refractivity contribution in [2.75, 3.05) is 64.5 Å². The molecule has 0 aromatic carbocycles. The van der Waals surface area contributed by atoms with E-state index in [4.69, 9.17) is 14.2 Å². The molecule has 0 bridgehead atoms. The Morgan fingerprint density at radius 2 is 1.83 bits per heavy atom. The van der Waals surface area contributed by atoms with Gasteiger partial charge in [0.2, 0.25) is 11.6 Å². The van der Waals surface area contributed by atoms with Crippen LogP contribution in [0.5, 0.6) is 0 Å². The second-order valence-corrected chi connectivity index (χ2v) is 5.12. The van der Waals surface area contributed by atoms with Gasteiger partial charge in [-0.2, -0.15) is 0 Å². The van der Waals surface area contributed by atoms with Crippen LogP contribution >= 0.6 is 0 Å². The Kier molecular flexibility index (Phi) is 8.90. The zero-order chi connectivity index (χ0) is 17.9. The highest BCUT2D eigenvalue weighted by atomic mass is 16.6. The topological polar surface area (TPSA) is 112 Å². The molecular formula is C14H25N5O5. The Balaban J connectivity index is 3.16. The molecule has 1 rings (SSSR count). The minimum atomic E-state index is -0.482. The molecule has 136 valence electrons. The molecule has 10 heteroatoms. The molecule has 0 fully saturated rings. The molecule has 24 heavy (non-hydrogen) atoms. The summed E-state index contributed by atoms with van der Waals surface area (Å²) in [7, 11) is 4.71. The van der Waals surface area contributed by atoms with E-state index in [0.717, 1.165) is 0 Å². The fourth-order valence-electron chi connectivity index (χ4n) is 2.13. The second-order valence-electron chi connectivity index (χ2n) is 5.12. The number of nitrogens with one attached hydrogen (secondary N) is 1. The zero-order valence-corrected chi connectivity index (χ0v) is 14.5. The van der Waals surface area contributed by atoms with E-state index < -0.39 is 4.92 Å². The van der Waals surface area contributed by atoms with Crippen molar-refractivity contribution in [2.45, 2.75) is 13.0 Å². The van der Waals surface area contributed by atoms with Crippen LogP contribution in [-0.4, -0.2) is 75.2 Å². The highest BCUT2D eigenvalue weighted by Crippen LogP contribution is 2.32. The summed E-state index contributed by atoms with van der Waals surface area (Å²) in [6.45, 7) is 3.97. The molecule has 0 aliphatic heterocycles. The van der Waals surface area contributed by atoms with Gasteiger partial charge >= 0.3 is 5.69 Å². The van der Waals surface area contributed by atoms with Crippen LogP contribution in [0.4, 0.5) is 17.3 Å². The maximum absolute atomic E-state index is 11.6. The van der Waals surface area contributed by atoms with E-state index in [0.29, 0.717) is 32.9 Å². The van der Waals surface area contributed by atoms with E-state index in [2.05, 4.69) is 15.3 Å². The average molecular weight is 343 g/mol. The maximum Gasteiger partial charge on any atom is 0.353 e. The molecule has 0 aliphatic carbocycles. The van der Waals surface area contributed by atoms with Gasteiger partial charge in [-0.05, 0) is 6.92 Å². The summed E-state index contributed by atoms with van der Waals surface area (Å²) in [6.07, 6.45) is 1.30. The largest absolute Gasteiger partial charge is 0.383 e. The summed E-state index contributed by atoms with van der Waals surface area (Å²) in [4.78, 5) is 21.0. The van der Waals surface area contributed by atoms with Crippen molar-refractivity contribution >= 4 is 17.3 Å². The number of rotatable bonds is 12. The third-order valence-electron chi connectivity index (χ3n) is 3.22. The fourth-order valence-corrected chi connectivity index (χ4v) is 2.13. The lowest BCUT2D eigenvalue weighted by Gasteiger charge is -2.23. The Hall–Kier alpha value is -2.04. The fraction of sp³-hybridized carbons (Fsp3) is 0.714. The van der Waals surface area contributed by atoms with Gasteiger partial charge in [0.15, 0.2) is 0 Å². The van der Waals surface area contributed by atoms with E-state index >= 15 is 0 Å². The van der Waals surface area contributed by atoms with Crippen molar-refractivity contribution < 1.29 is 19.1 Å². The van der Waals surface area contributed by atoms with E-state index in [1.54, 1.807) is 26.2 Å². The highest BCUT2D eigenvalue weighted by Gasteiger charge is 2.27. The number of aromatic nitrogens is 2. The molecule has 1 unspecified atom stereocenters. The van der Waals surface area contributed by atoms with Crippen molar-refractivity contribution in [1.29, 1.82) is 0 Å². The minimum Gasteiger partial charge on any atom is -0.383 e. The summed E-state index contributed by atoms with van der Waals surface area (Å²) >= 11 is 0. The molecule has 1 atom stereocenters. The number of nitro groups is 1. The second kappa shape index (κ2) is 10.7. The van der Waals surface area contributed by atoms with Crippen molar-refractivity contribution in [3.63, 3.8) is 0 Å². The van der Waals surface area contributed by atoms with Crippen LogP contribution in [0.1, 0.15) is 6.92 Å². The van der Waals surface area contributed by atoms with Crippen LogP contribution in [0.3, 0.4) is 0 Å². The molecule has 1 N–H and O–H groups in total. The summed E-state index contributed by atoms with van der Waals surface area (Å²) in [5.41, 5.74) is -0.173. The Morgan fingerprint density at radius 3 is 2.33 bits per heavy atom. The average Bonchev–Trinajstić information content (AvgIpc) is 2.54.